The molecule has 176 valence electrons. The minimum absolute atomic E-state index is 0.0542. The number of nitrogens with zero attached hydrogens (tertiary/aromatic N) is 4. The van der Waals surface area contributed by atoms with Crippen LogP contribution in [0.2, 0.25) is 0 Å². The molecule has 1 heterocycles. The van der Waals surface area contributed by atoms with Gasteiger partial charge in [0.05, 0.1) is 17.7 Å². The third-order valence-corrected chi connectivity index (χ3v) is 5.88. The average Bonchev–Trinajstić information content (AvgIpc) is 3.35. The molecule has 0 unspecified atom stereocenters. The average molecular weight is 554 g/mol. The van der Waals surface area contributed by atoms with E-state index in [0.29, 0.717) is 22.6 Å². The number of methoxy groups -OCH3 is 1. The Labute approximate surface area is 211 Å². The predicted octanol–water partition coefficient (Wildman–Crippen LogP) is 5.82. The molecular weight excluding hydrogens is 538 g/mol. The van der Waals surface area contributed by atoms with Crippen LogP contribution in [0.3, 0.4) is 0 Å². The lowest BCUT2D eigenvalue weighted by molar-refractivity contribution is -0.384. The van der Waals surface area contributed by atoms with Gasteiger partial charge in [-0.15, -0.1) is 10.2 Å². The van der Waals surface area contributed by atoms with E-state index in [1.54, 1.807) is 49.6 Å². The van der Waals surface area contributed by atoms with E-state index in [9.17, 15) is 14.9 Å². The second kappa shape index (κ2) is 10.9. The van der Waals surface area contributed by atoms with E-state index in [4.69, 9.17) is 9.15 Å². The summed E-state index contributed by atoms with van der Waals surface area (Å²) in [5, 5.41) is 23.3. The van der Waals surface area contributed by atoms with E-state index in [1.807, 2.05) is 6.07 Å². The van der Waals surface area contributed by atoms with Crippen LogP contribution in [-0.2, 0) is 0 Å². The molecule has 0 spiro atoms. The molecule has 4 aromatic rings. The van der Waals surface area contributed by atoms with Gasteiger partial charge in [-0.3, -0.25) is 20.3 Å². The van der Waals surface area contributed by atoms with Crippen LogP contribution in [0, 0.1) is 10.1 Å². The van der Waals surface area contributed by atoms with Gasteiger partial charge in [-0.1, -0.05) is 28.1 Å². The number of carbonyl (C=O) groups excluding carboxylic acids is 1. The number of nitro groups is 1. The standard InChI is InChI=1S/C23H16BrN5O5S/c1-33-19-11-7-17(8-12-19)25-27-22(20(30)15-3-2-4-16(24)13-15)35-23-28-26-21(34-23)14-5-9-18(10-6-14)29(31)32/h2-13,25H,1H3/b27-22-. The van der Waals surface area contributed by atoms with Crippen LogP contribution in [0.1, 0.15) is 10.4 Å². The molecule has 35 heavy (non-hydrogen) atoms. The number of hydrazone groups is 1. The summed E-state index contributed by atoms with van der Waals surface area (Å²) in [6, 6.07) is 19.6. The number of hydrogen-bond acceptors (Lipinski definition) is 10. The quantitative estimate of drug-likeness (QED) is 0.0715. The number of ether oxygens (including phenoxy) is 1. The highest BCUT2D eigenvalue weighted by molar-refractivity contribution is 9.10. The predicted molar refractivity (Wildman–Crippen MR) is 135 cm³/mol. The molecule has 1 N–H and O–H groups in total. The van der Waals surface area contributed by atoms with Crippen LogP contribution in [0.25, 0.3) is 11.5 Å². The third-order valence-electron chi connectivity index (χ3n) is 4.57. The fourth-order valence-corrected chi connectivity index (χ4v) is 3.90. The van der Waals surface area contributed by atoms with Gasteiger partial charge < -0.3 is 9.15 Å². The normalized spacial score (nSPS) is 11.2. The van der Waals surface area contributed by atoms with Gasteiger partial charge in [0, 0.05) is 27.7 Å². The van der Waals surface area contributed by atoms with Crippen LogP contribution in [0.15, 0.2) is 92.0 Å². The van der Waals surface area contributed by atoms with Gasteiger partial charge in [0.1, 0.15) is 5.75 Å². The molecule has 0 aliphatic heterocycles. The SMILES string of the molecule is COc1ccc(N/N=C(\Sc2nnc(-c3ccc([N+](=O)[O-])cc3)o2)C(=O)c2cccc(Br)c2)cc1. The van der Waals surface area contributed by atoms with Crippen molar-refractivity contribution in [3.63, 3.8) is 0 Å². The van der Waals surface area contributed by atoms with E-state index in [-0.39, 0.29) is 27.6 Å². The molecule has 3 aromatic carbocycles. The highest BCUT2D eigenvalue weighted by Crippen LogP contribution is 2.27. The molecule has 10 nitrogen and oxygen atoms in total. The Balaban J connectivity index is 1.59. The summed E-state index contributed by atoms with van der Waals surface area (Å²) in [5.41, 5.74) is 4.37. The summed E-state index contributed by atoms with van der Waals surface area (Å²) in [4.78, 5) is 23.6. The molecule has 0 bridgehead atoms. The number of benzene rings is 3. The molecule has 0 fully saturated rings. The molecule has 0 saturated heterocycles. The van der Waals surface area contributed by atoms with Crippen LogP contribution in [0.4, 0.5) is 11.4 Å². The Hall–Kier alpha value is -4.03. The number of non-ortho nitro benzene ring substituents is 1. The highest BCUT2D eigenvalue weighted by atomic mass is 79.9. The highest BCUT2D eigenvalue weighted by Gasteiger charge is 2.21. The number of halogens is 1. The monoisotopic (exact) mass is 553 g/mol. The van der Waals surface area contributed by atoms with E-state index in [2.05, 4.69) is 36.7 Å². The van der Waals surface area contributed by atoms with E-state index in [1.165, 1.54) is 24.3 Å². The molecule has 0 atom stereocenters. The number of ketones is 1. The molecule has 4 rings (SSSR count). The Bertz CT molecular complexity index is 1390. The van der Waals surface area contributed by atoms with Gasteiger partial charge in [0.25, 0.3) is 10.9 Å². The van der Waals surface area contributed by atoms with E-state index >= 15 is 0 Å². The number of nitro benzene ring substituents is 1. The molecule has 0 aliphatic carbocycles. The fraction of sp³-hybridized carbons (Fsp3) is 0.0435. The largest absolute Gasteiger partial charge is 0.497 e. The molecule has 0 amide bonds. The first-order valence-electron chi connectivity index (χ1n) is 9.97. The molecule has 0 aliphatic rings. The van der Waals surface area contributed by atoms with Gasteiger partial charge >= 0.3 is 0 Å². The van der Waals surface area contributed by atoms with Gasteiger partial charge in [-0.05, 0) is 60.3 Å². The maximum Gasteiger partial charge on any atom is 0.283 e. The Morgan fingerprint density at radius 3 is 2.51 bits per heavy atom. The zero-order chi connectivity index (χ0) is 24.8. The Kier molecular flexibility index (Phi) is 7.53. The van der Waals surface area contributed by atoms with Crippen molar-refractivity contribution in [3.05, 3.63) is 92.9 Å². The molecule has 0 saturated carbocycles. The van der Waals surface area contributed by atoms with Crippen LogP contribution < -0.4 is 10.2 Å². The topological polar surface area (TPSA) is 133 Å². The summed E-state index contributed by atoms with van der Waals surface area (Å²) >= 11 is 4.27. The maximum atomic E-state index is 13.2. The van der Waals surface area contributed by atoms with Crippen molar-refractivity contribution in [1.29, 1.82) is 0 Å². The summed E-state index contributed by atoms with van der Waals surface area (Å²) in [6.07, 6.45) is 0. The number of rotatable bonds is 8. The first kappa shape index (κ1) is 24.1. The van der Waals surface area contributed by atoms with Crippen molar-refractivity contribution in [2.45, 2.75) is 5.22 Å². The van der Waals surface area contributed by atoms with Crippen LogP contribution in [-0.4, -0.2) is 33.1 Å². The summed E-state index contributed by atoms with van der Waals surface area (Å²) in [7, 11) is 1.57. The molecule has 12 heteroatoms. The van der Waals surface area contributed by atoms with Crippen molar-refractivity contribution in [2.24, 2.45) is 5.10 Å². The van der Waals surface area contributed by atoms with Crippen molar-refractivity contribution < 1.29 is 18.9 Å². The van der Waals surface area contributed by atoms with E-state index < -0.39 is 4.92 Å². The third kappa shape index (κ3) is 6.11. The fourth-order valence-electron chi connectivity index (χ4n) is 2.83. The Morgan fingerprint density at radius 1 is 1.11 bits per heavy atom. The first-order chi connectivity index (χ1) is 16.9. The number of carbonyl (C=O) groups is 1. The lowest BCUT2D eigenvalue weighted by Gasteiger charge is -2.06. The second-order valence-corrected chi connectivity index (χ2v) is 8.73. The molecule has 1 aromatic heterocycles. The van der Waals surface area contributed by atoms with Crippen molar-refractivity contribution in [1.82, 2.24) is 10.2 Å². The van der Waals surface area contributed by atoms with Gasteiger partial charge in [-0.2, -0.15) is 5.10 Å². The van der Waals surface area contributed by atoms with Gasteiger partial charge in [-0.25, -0.2) is 0 Å². The Morgan fingerprint density at radius 2 is 1.86 bits per heavy atom. The minimum Gasteiger partial charge on any atom is -0.497 e. The maximum absolute atomic E-state index is 13.2. The van der Waals surface area contributed by atoms with Gasteiger partial charge in [0.15, 0.2) is 5.04 Å². The first-order valence-corrected chi connectivity index (χ1v) is 11.6. The number of Topliss-reactive ketones (excluding diaryl/α,β-unsaturated/α-hetero) is 1. The van der Waals surface area contributed by atoms with E-state index in [0.717, 1.165) is 16.2 Å². The number of thioether (sulfide) groups is 1. The van der Waals surface area contributed by atoms with Gasteiger partial charge in [0.2, 0.25) is 11.7 Å². The van der Waals surface area contributed by atoms with Crippen LogP contribution >= 0.6 is 27.7 Å². The summed E-state index contributed by atoms with van der Waals surface area (Å²) < 4.78 is 11.6. The zero-order valence-electron chi connectivity index (χ0n) is 18.0. The number of nitrogens with one attached hydrogen (secondary N) is 1. The molecule has 0 radical (unpaired) electrons. The van der Waals surface area contributed by atoms with Crippen molar-refractivity contribution in [3.8, 4) is 17.2 Å². The number of aromatic nitrogens is 2. The minimum atomic E-state index is -0.495. The lowest BCUT2D eigenvalue weighted by Crippen LogP contribution is -2.13. The second-order valence-electron chi connectivity index (χ2n) is 6.88. The summed E-state index contributed by atoms with van der Waals surface area (Å²) in [5.74, 6) is 0.483. The van der Waals surface area contributed by atoms with Crippen molar-refractivity contribution >= 4 is 49.9 Å². The van der Waals surface area contributed by atoms with Crippen molar-refractivity contribution in [2.75, 3.05) is 12.5 Å². The zero-order valence-corrected chi connectivity index (χ0v) is 20.4. The number of hydrogen-bond donors (Lipinski definition) is 1. The smallest absolute Gasteiger partial charge is 0.283 e. The number of anilines is 1. The van der Waals surface area contributed by atoms with Crippen LogP contribution in [0.5, 0.6) is 5.75 Å². The lowest BCUT2D eigenvalue weighted by atomic mass is 10.1. The summed E-state index contributed by atoms with van der Waals surface area (Å²) in [6.45, 7) is 0. The molecular formula is C23H16BrN5O5S.